The third-order valence-corrected chi connectivity index (χ3v) is 2.85. The number of hydrogen-bond acceptors (Lipinski definition) is 3. The molecule has 0 heterocycles. The van der Waals surface area contributed by atoms with Crippen LogP contribution >= 0.6 is 12.6 Å². The Kier molecular flexibility index (Phi) is 5.15. The molecule has 0 saturated carbocycles. The molecular weight excluding hydrogens is 255 g/mol. The fraction of sp³-hybridized carbons (Fsp3) is 0.333. The highest BCUT2D eigenvalue weighted by Gasteiger charge is 2.11. The highest BCUT2D eigenvalue weighted by Crippen LogP contribution is 2.13. The maximum Gasteiger partial charge on any atom is 0.251 e. The molecule has 1 aromatic rings. The zero-order valence-corrected chi connectivity index (χ0v) is 11.1. The fourth-order valence-corrected chi connectivity index (χ4v) is 1.44. The van der Waals surface area contributed by atoms with Crippen molar-refractivity contribution < 1.29 is 14.0 Å². The van der Waals surface area contributed by atoms with Crippen molar-refractivity contribution in [3.63, 3.8) is 0 Å². The summed E-state index contributed by atoms with van der Waals surface area (Å²) in [6, 6.07) is 3.83. The van der Waals surface area contributed by atoms with Crippen molar-refractivity contribution in [2.45, 2.75) is 11.8 Å². The summed E-state index contributed by atoms with van der Waals surface area (Å²) in [5.74, 6) is -1.10. The summed E-state index contributed by atoms with van der Waals surface area (Å²) in [7, 11) is 1.65. The SMILES string of the molecule is CCN(C)C(=O)CNC(=O)c1ccc(F)c(S)c1. The monoisotopic (exact) mass is 270 g/mol. The summed E-state index contributed by atoms with van der Waals surface area (Å²) in [6.07, 6.45) is 0. The molecule has 1 aromatic carbocycles. The van der Waals surface area contributed by atoms with Crippen molar-refractivity contribution >= 4 is 24.4 Å². The molecule has 2 amide bonds. The number of amides is 2. The minimum Gasteiger partial charge on any atom is -0.345 e. The number of halogens is 1. The first kappa shape index (κ1) is 14.5. The van der Waals surface area contributed by atoms with E-state index in [0.29, 0.717) is 6.54 Å². The van der Waals surface area contributed by atoms with Crippen molar-refractivity contribution in [3.05, 3.63) is 29.6 Å². The molecule has 0 atom stereocenters. The summed E-state index contributed by atoms with van der Waals surface area (Å²) in [6.45, 7) is 2.33. The molecule has 18 heavy (non-hydrogen) atoms. The van der Waals surface area contributed by atoms with Crippen LogP contribution < -0.4 is 5.32 Å². The van der Waals surface area contributed by atoms with E-state index in [4.69, 9.17) is 0 Å². The smallest absolute Gasteiger partial charge is 0.251 e. The Morgan fingerprint density at radius 1 is 1.44 bits per heavy atom. The molecule has 0 fully saturated rings. The van der Waals surface area contributed by atoms with Gasteiger partial charge in [0.2, 0.25) is 5.91 Å². The largest absolute Gasteiger partial charge is 0.345 e. The molecule has 0 unspecified atom stereocenters. The predicted molar refractivity (Wildman–Crippen MR) is 69.3 cm³/mol. The third kappa shape index (κ3) is 3.73. The van der Waals surface area contributed by atoms with Gasteiger partial charge >= 0.3 is 0 Å². The van der Waals surface area contributed by atoms with Crippen LogP contribution in [0.5, 0.6) is 0 Å². The first-order chi connectivity index (χ1) is 8.45. The van der Waals surface area contributed by atoms with E-state index in [9.17, 15) is 14.0 Å². The number of likely N-dealkylation sites (N-methyl/N-ethyl adjacent to an activating group) is 1. The van der Waals surface area contributed by atoms with Gasteiger partial charge in [-0.25, -0.2) is 4.39 Å². The second-order valence-corrected chi connectivity index (χ2v) is 4.24. The van der Waals surface area contributed by atoms with Gasteiger partial charge in [0.25, 0.3) is 5.91 Å². The Balaban J connectivity index is 2.60. The number of nitrogens with one attached hydrogen (secondary N) is 1. The maximum atomic E-state index is 13.0. The number of carbonyl (C=O) groups excluding carboxylic acids is 2. The molecule has 1 N–H and O–H groups in total. The lowest BCUT2D eigenvalue weighted by molar-refractivity contribution is -0.128. The van der Waals surface area contributed by atoms with E-state index >= 15 is 0 Å². The van der Waals surface area contributed by atoms with Gasteiger partial charge in [0, 0.05) is 24.1 Å². The van der Waals surface area contributed by atoms with Gasteiger partial charge in [-0.3, -0.25) is 9.59 Å². The number of carbonyl (C=O) groups is 2. The van der Waals surface area contributed by atoms with Crippen LogP contribution in [0.3, 0.4) is 0 Å². The highest BCUT2D eigenvalue weighted by molar-refractivity contribution is 7.80. The van der Waals surface area contributed by atoms with Crippen molar-refractivity contribution in [2.24, 2.45) is 0 Å². The van der Waals surface area contributed by atoms with E-state index in [0.717, 1.165) is 6.07 Å². The zero-order valence-electron chi connectivity index (χ0n) is 10.2. The lowest BCUT2D eigenvalue weighted by Gasteiger charge is -2.14. The van der Waals surface area contributed by atoms with Crippen LogP contribution in [0.25, 0.3) is 0 Å². The van der Waals surface area contributed by atoms with Gasteiger partial charge in [0.15, 0.2) is 0 Å². The number of hydrogen-bond donors (Lipinski definition) is 2. The standard InChI is InChI=1S/C12H15FN2O2S/c1-3-15(2)11(16)7-14-12(17)8-4-5-9(13)10(18)6-8/h4-6,18H,3,7H2,1-2H3,(H,14,17). The number of nitrogens with zero attached hydrogens (tertiary/aromatic N) is 1. The topological polar surface area (TPSA) is 49.4 Å². The van der Waals surface area contributed by atoms with Crippen molar-refractivity contribution in [1.82, 2.24) is 10.2 Å². The molecule has 0 spiro atoms. The number of benzene rings is 1. The number of thiol groups is 1. The minimum atomic E-state index is -0.489. The summed E-state index contributed by atoms with van der Waals surface area (Å²) >= 11 is 3.89. The predicted octanol–water partition coefficient (Wildman–Crippen LogP) is 1.32. The molecule has 0 aliphatic rings. The van der Waals surface area contributed by atoms with Gasteiger partial charge in [-0.05, 0) is 25.1 Å². The zero-order chi connectivity index (χ0) is 13.7. The van der Waals surface area contributed by atoms with Gasteiger partial charge in [-0.2, -0.15) is 0 Å². The van der Waals surface area contributed by atoms with Crippen LogP contribution in [0.2, 0.25) is 0 Å². The highest BCUT2D eigenvalue weighted by atomic mass is 32.1. The van der Waals surface area contributed by atoms with E-state index in [2.05, 4.69) is 17.9 Å². The lowest BCUT2D eigenvalue weighted by atomic mass is 10.2. The van der Waals surface area contributed by atoms with Gasteiger partial charge in [0.1, 0.15) is 5.82 Å². The molecule has 4 nitrogen and oxygen atoms in total. The molecule has 0 bridgehead atoms. The molecule has 98 valence electrons. The Morgan fingerprint density at radius 2 is 2.11 bits per heavy atom. The molecule has 0 radical (unpaired) electrons. The van der Waals surface area contributed by atoms with Gasteiger partial charge in [-0.1, -0.05) is 0 Å². The Hall–Kier alpha value is -1.56. The molecule has 0 saturated heterocycles. The molecule has 1 rings (SSSR count). The summed E-state index contributed by atoms with van der Waals surface area (Å²) in [5.41, 5.74) is 0.272. The average Bonchev–Trinajstić information content (AvgIpc) is 2.37. The van der Waals surface area contributed by atoms with Gasteiger partial charge in [-0.15, -0.1) is 12.6 Å². The second kappa shape index (κ2) is 6.39. The summed E-state index contributed by atoms with van der Waals surface area (Å²) < 4.78 is 13.0. The molecule has 0 aromatic heterocycles. The van der Waals surface area contributed by atoms with Crippen LogP contribution in [-0.4, -0.2) is 36.9 Å². The third-order valence-electron chi connectivity index (χ3n) is 2.51. The maximum absolute atomic E-state index is 13.0. The first-order valence-electron chi connectivity index (χ1n) is 5.46. The summed E-state index contributed by atoms with van der Waals surface area (Å²) in [4.78, 5) is 24.7. The molecular formula is C12H15FN2O2S. The lowest BCUT2D eigenvalue weighted by Crippen LogP contribution is -2.38. The van der Waals surface area contributed by atoms with Gasteiger partial charge in [0.05, 0.1) is 6.54 Å². The van der Waals surface area contributed by atoms with E-state index in [1.807, 2.05) is 6.92 Å². The van der Waals surface area contributed by atoms with Crippen LogP contribution in [0.4, 0.5) is 4.39 Å². The average molecular weight is 270 g/mol. The van der Waals surface area contributed by atoms with E-state index in [-0.39, 0.29) is 22.9 Å². The van der Waals surface area contributed by atoms with Crippen LogP contribution in [0, 0.1) is 5.82 Å². The van der Waals surface area contributed by atoms with Crippen LogP contribution in [0.15, 0.2) is 23.1 Å². The van der Waals surface area contributed by atoms with Crippen LogP contribution in [0.1, 0.15) is 17.3 Å². The molecule has 6 heteroatoms. The molecule has 0 aliphatic heterocycles. The normalized spacial score (nSPS) is 10.0. The Morgan fingerprint density at radius 3 is 2.67 bits per heavy atom. The quantitative estimate of drug-likeness (QED) is 0.811. The minimum absolute atomic E-state index is 0.0809. The number of rotatable bonds is 4. The summed E-state index contributed by atoms with van der Waals surface area (Å²) in [5, 5.41) is 2.47. The van der Waals surface area contributed by atoms with Crippen molar-refractivity contribution in [2.75, 3.05) is 20.1 Å². The van der Waals surface area contributed by atoms with Gasteiger partial charge < -0.3 is 10.2 Å². The van der Waals surface area contributed by atoms with E-state index < -0.39 is 11.7 Å². The Bertz CT molecular complexity index is 465. The molecule has 0 aliphatic carbocycles. The van der Waals surface area contributed by atoms with Crippen molar-refractivity contribution in [3.8, 4) is 0 Å². The Labute approximate surface area is 111 Å². The van der Waals surface area contributed by atoms with Crippen LogP contribution in [-0.2, 0) is 4.79 Å². The first-order valence-corrected chi connectivity index (χ1v) is 5.91. The van der Waals surface area contributed by atoms with Crippen molar-refractivity contribution in [1.29, 1.82) is 0 Å². The fourth-order valence-electron chi connectivity index (χ4n) is 1.22. The second-order valence-electron chi connectivity index (χ2n) is 3.76. The van der Waals surface area contributed by atoms with E-state index in [1.54, 1.807) is 7.05 Å². The van der Waals surface area contributed by atoms with E-state index in [1.165, 1.54) is 17.0 Å².